The summed E-state index contributed by atoms with van der Waals surface area (Å²) in [5, 5.41) is 4.51. The van der Waals surface area contributed by atoms with E-state index in [1.165, 1.54) is 16.0 Å². The number of anilines is 1. The highest BCUT2D eigenvalue weighted by atomic mass is 32.1. The molecule has 0 fully saturated rings. The minimum Gasteiger partial charge on any atom is -0.493 e. The Hall–Kier alpha value is -2.33. The van der Waals surface area contributed by atoms with Crippen molar-refractivity contribution in [3.05, 3.63) is 66.4 Å². The van der Waals surface area contributed by atoms with E-state index in [9.17, 15) is 0 Å². The van der Waals surface area contributed by atoms with E-state index in [-0.39, 0.29) is 6.04 Å². The molecule has 2 heterocycles. The molecule has 4 rings (SSSR count). The van der Waals surface area contributed by atoms with E-state index in [0.717, 1.165) is 23.9 Å². The van der Waals surface area contributed by atoms with Gasteiger partial charge >= 0.3 is 0 Å². The van der Waals surface area contributed by atoms with Crippen LogP contribution in [0.25, 0.3) is 10.4 Å². The zero-order valence-electron chi connectivity index (χ0n) is 12.0. The van der Waals surface area contributed by atoms with Gasteiger partial charge in [-0.2, -0.15) is 0 Å². The lowest BCUT2D eigenvalue weighted by Crippen LogP contribution is -2.20. The van der Waals surface area contributed by atoms with Gasteiger partial charge in [-0.3, -0.25) is 0 Å². The molecule has 0 saturated carbocycles. The summed E-state index contributed by atoms with van der Waals surface area (Å²) in [6, 6.07) is 18.8. The van der Waals surface area contributed by atoms with Gasteiger partial charge in [0, 0.05) is 18.2 Å². The Balaban J connectivity index is 1.57. The van der Waals surface area contributed by atoms with Crippen LogP contribution in [0.4, 0.5) is 5.13 Å². The summed E-state index contributed by atoms with van der Waals surface area (Å²) >= 11 is 1.69. The lowest BCUT2D eigenvalue weighted by Gasteiger charge is -2.26. The summed E-state index contributed by atoms with van der Waals surface area (Å²) in [5.74, 6) is 0.978. The summed E-state index contributed by atoms with van der Waals surface area (Å²) < 4.78 is 5.71. The van der Waals surface area contributed by atoms with Gasteiger partial charge in [0.2, 0.25) is 0 Å². The molecule has 4 heteroatoms. The number of thiazole rings is 1. The smallest absolute Gasteiger partial charge is 0.183 e. The second-order valence-electron chi connectivity index (χ2n) is 5.27. The highest BCUT2D eigenvalue weighted by Gasteiger charge is 2.21. The molecule has 0 bridgehead atoms. The Labute approximate surface area is 133 Å². The molecule has 0 spiro atoms. The molecule has 3 aromatic rings. The molecule has 1 aliphatic rings. The van der Waals surface area contributed by atoms with Gasteiger partial charge in [-0.15, -0.1) is 0 Å². The van der Waals surface area contributed by atoms with Crippen LogP contribution in [0, 0.1) is 0 Å². The molecule has 1 aliphatic heterocycles. The standard InChI is InChI=1S/C18H16N2OS/c1-2-6-13(7-3-1)17-12-19-18(22-17)20-15-10-11-21-16-9-5-4-8-14(15)16/h1-9,12,15H,10-11H2,(H,19,20). The maximum absolute atomic E-state index is 5.71. The van der Waals surface area contributed by atoms with Crippen LogP contribution < -0.4 is 10.1 Å². The van der Waals surface area contributed by atoms with Gasteiger partial charge in [-0.1, -0.05) is 59.9 Å². The first-order valence-electron chi connectivity index (χ1n) is 7.40. The molecule has 0 radical (unpaired) electrons. The fraction of sp³-hybridized carbons (Fsp3) is 0.167. The normalized spacial score (nSPS) is 16.6. The maximum atomic E-state index is 5.71. The van der Waals surface area contributed by atoms with Crippen LogP contribution in [0.1, 0.15) is 18.0 Å². The van der Waals surface area contributed by atoms with Crippen LogP contribution in [-0.4, -0.2) is 11.6 Å². The predicted molar refractivity (Wildman–Crippen MR) is 90.5 cm³/mol. The average Bonchev–Trinajstić information content (AvgIpc) is 3.05. The first-order valence-corrected chi connectivity index (χ1v) is 8.21. The van der Waals surface area contributed by atoms with Crippen molar-refractivity contribution in [2.75, 3.05) is 11.9 Å². The van der Waals surface area contributed by atoms with E-state index in [2.05, 4.69) is 46.7 Å². The molecular weight excluding hydrogens is 292 g/mol. The third kappa shape index (κ3) is 2.57. The van der Waals surface area contributed by atoms with Crippen LogP contribution in [0.15, 0.2) is 60.8 Å². The van der Waals surface area contributed by atoms with Crippen molar-refractivity contribution in [2.45, 2.75) is 12.5 Å². The van der Waals surface area contributed by atoms with Gasteiger partial charge in [-0.05, 0) is 11.6 Å². The Morgan fingerprint density at radius 3 is 2.77 bits per heavy atom. The van der Waals surface area contributed by atoms with E-state index >= 15 is 0 Å². The molecule has 3 nitrogen and oxygen atoms in total. The number of para-hydroxylation sites is 1. The average molecular weight is 308 g/mol. The van der Waals surface area contributed by atoms with Crippen LogP contribution >= 0.6 is 11.3 Å². The van der Waals surface area contributed by atoms with Gasteiger partial charge in [0.15, 0.2) is 5.13 Å². The molecule has 1 N–H and O–H groups in total. The molecule has 1 aromatic heterocycles. The van der Waals surface area contributed by atoms with Crippen molar-refractivity contribution in [3.8, 4) is 16.2 Å². The van der Waals surface area contributed by atoms with Crippen LogP contribution in [-0.2, 0) is 0 Å². The highest BCUT2D eigenvalue weighted by molar-refractivity contribution is 7.18. The quantitative estimate of drug-likeness (QED) is 0.758. The molecular formula is C18H16N2OS. The molecule has 1 unspecified atom stereocenters. The van der Waals surface area contributed by atoms with Crippen molar-refractivity contribution < 1.29 is 4.74 Å². The Kier molecular flexibility index (Phi) is 3.52. The minimum absolute atomic E-state index is 0.264. The van der Waals surface area contributed by atoms with Crippen molar-refractivity contribution in [1.82, 2.24) is 4.98 Å². The number of rotatable bonds is 3. The number of ether oxygens (including phenoxy) is 1. The number of aromatic nitrogens is 1. The van der Waals surface area contributed by atoms with Crippen molar-refractivity contribution in [2.24, 2.45) is 0 Å². The number of hydrogen-bond donors (Lipinski definition) is 1. The summed E-state index contributed by atoms with van der Waals surface area (Å²) in [6.07, 6.45) is 2.89. The second-order valence-corrected chi connectivity index (χ2v) is 6.30. The fourth-order valence-corrected chi connectivity index (χ4v) is 3.59. The van der Waals surface area contributed by atoms with Gasteiger partial charge in [0.05, 0.1) is 17.5 Å². The SMILES string of the molecule is c1ccc(-c2cnc(NC3CCOc4ccccc43)s2)cc1. The molecule has 22 heavy (non-hydrogen) atoms. The lowest BCUT2D eigenvalue weighted by atomic mass is 10.0. The van der Waals surface area contributed by atoms with Crippen molar-refractivity contribution in [1.29, 1.82) is 0 Å². The van der Waals surface area contributed by atoms with Crippen LogP contribution in [0.3, 0.4) is 0 Å². The second kappa shape index (κ2) is 5.81. The first kappa shape index (κ1) is 13.3. The van der Waals surface area contributed by atoms with Gasteiger partial charge in [0.1, 0.15) is 5.75 Å². The van der Waals surface area contributed by atoms with Gasteiger partial charge in [0.25, 0.3) is 0 Å². The van der Waals surface area contributed by atoms with Crippen LogP contribution in [0.5, 0.6) is 5.75 Å². The fourth-order valence-electron chi connectivity index (χ4n) is 2.72. The summed E-state index contributed by atoms with van der Waals surface area (Å²) in [5.41, 5.74) is 2.42. The molecule has 0 amide bonds. The predicted octanol–water partition coefficient (Wildman–Crippen LogP) is 4.75. The largest absolute Gasteiger partial charge is 0.493 e. The Bertz CT molecular complexity index is 770. The summed E-state index contributed by atoms with van der Waals surface area (Å²) in [6.45, 7) is 0.742. The molecule has 2 aromatic carbocycles. The third-order valence-corrected chi connectivity index (χ3v) is 4.80. The number of fused-ring (bicyclic) bond motifs is 1. The first-order chi connectivity index (χ1) is 10.9. The number of benzene rings is 2. The third-order valence-electron chi connectivity index (χ3n) is 3.82. The highest BCUT2D eigenvalue weighted by Crippen LogP contribution is 2.36. The minimum atomic E-state index is 0.264. The molecule has 0 aliphatic carbocycles. The number of nitrogens with zero attached hydrogens (tertiary/aromatic N) is 1. The molecule has 110 valence electrons. The molecule has 1 atom stereocenters. The van der Waals surface area contributed by atoms with Gasteiger partial charge in [-0.25, -0.2) is 4.98 Å². The topological polar surface area (TPSA) is 34.2 Å². The van der Waals surface area contributed by atoms with E-state index in [4.69, 9.17) is 4.74 Å². The monoisotopic (exact) mass is 308 g/mol. The van der Waals surface area contributed by atoms with E-state index in [1.807, 2.05) is 24.4 Å². The number of hydrogen-bond acceptors (Lipinski definition) is 4. The maximum Gasteiger partial charge on any atom is 0.183 e. The zero-order chi connectivity index (χ0) is 14.8. The zero-order valence-corrected chi connectivity index (χ0v) is 12.8. The van der Waals surface area contributed by atoms with E-state index in [0.29, 0.717) is 0 Å². The molecule has 0 saturated heterocycles. The summed E-state index contributed by atoms with van der Waals surface area (Å²) in [4.78, 5) is 5.71. The van der Waals surface area contributed by atoms with Crippen LogP contribution in [0.2, 0.25) is 0 Å². The van der Waals surface area contributed by atoms with Crippen molar-refractivity contribution >= 4 is 16.5 Å². The van der Waals surface area contributed by atoms with E-state index in [1.54, 1.807) is 11.3 Å². The van der Waals surface area contributed by atoms with E-state index < -0.39 is 0 Å². The Morgan fingerprint density at radius 1 is 1.05 bits per heavy atom. The lowest BCUT2D eigenvalue weighted by molar-refractivity contribution is 0.274. The van der Waals surface area contributed by atoms with Crippen molar-refractivity contribution in [3.63, 3.8) is 0 Å². The summed E-state index contributed by atoms with van der Waals surface area (Å²) in [7, 11) is 0. The van der Waals surface area contributed by atoms with Gasteiger partial charge < -0.3 is 10.1 Å². The number of nitrogens with one attached hydrogen (secondary N) is 1. The Morgan fingerprint density at radius 2 is 1.86 bits per heavy atom.